The second-order valence-electron chi connectivity index (χ2n) is 2.81. The van der Waals surface area contributed by atoms with Gasteiger partial charge in [-0.2, -0.15) is 0 Å². The van der Waals surface area contributed by atoms with E-state index in [2.05, 4.69) is 14.2 Å². The maximum absolute atomic E-state index is 10.7. The van der Waals surface area contributed by atoms with Crippen molar-refractivity contribution in [3.05, 3.63) is 0 Å². The highest BCUT2D eigenvalue weighted by atomic mass is 16.8. The lowest BCUT2D eigenvalue weighted by atomic mass is 10.1. The molecule has 13 heavy (non-hydrogen) atoms. The van der Waals surface area contributed by atoms with Gasteiger partial charge in [0.25, 0.3) is 6.47 Å². The molecular formula is C8H14O5. The molecule has 5 nitrogen and oxygen atoms in total. The lowest BCUT2D eigenvalue weighted by Crippen LogP contribution is -2.11. The van der Waals surface area contributed by atoms with Crippen LogP contribution in [0, 0.1) is 5.92 Å². The summed E-state index contributed by atoms with van der Waals surface area (Å²) in [6, 6.07) is 0. The highest BCUT2D eigenvalue weighted by molar-refractivity contribution is 5.59. The lowest BCUT2D eigenvalue weighted by Gasteiger charge is -2.06. The molecule has 0 saturated carbocycles. The molecule has 5 heteroatoms. The first-order chi connectivity index (χ1) is 6.16. The molecule has 0 N–H and O–H groups in total. The molecule has 0 aromatic carbocycles. The van der Waals surface area contributed by atoms with Crippen molar-refractivity contribution in [3.63, 3.8) is 0 Å². The predicted molar refractivity (Wildman–Crippen MR) is 43.9 cm³/mol. The number of carbonyl (C=O) groups is 2. The van der Waals surface area contributed by atoms with Crippen LogP contribution in [0.5, 0.6) is 0 Å². The Morgan fingerprint density at radius 2 is 2.08 bits per heavy atom. The van der Waals surface area contributed by atoms with Crippen LogP contribution in [0.4, 0.5) is 4.79 Å². The van der Waals surface area contributed by atoms with E-state index in [9.17, 15) is 9.59 Å². The molecule has 0 bridgehead atoms. The Morgan fingerprint density at radius 3 is 2.62 bits per heavy atom. The second-order valence-corrected chi connectivity index (χ2v) is 2.81. The molecule has 0 amide bonds. The minimum atomic E-state index is -0.817. The molecule has 0 spiro atoms. The summed E-state index contributed by atoms with van der Waals surface area (Å²) in [5.41, 5.74) is 0. The molecule has 76 valence electrons. The fourth-order valence-electron chi connectivity index (χ4n) is 0.530. The Kier molecular flexibility index (Phi) is 6.68. The molecule has 0 atom stereocenters. The summed E-state index contributed by atoms with van der Waals surface area (Å²) in [6.07, 6.45) is -0.0357. The molecule has 0 rings (SSSR count). The Labute approximate surface area is 77.0 Å². The molecule has 0 aliphatic heterocycles. The topological polar surface area (TPSA) is 61.8 Å². The van der Waals surface area contributed by atoms with Crippen molar-refractivity contribution < 1.29 is 23.8 Å². The summed E-state index contributed by atoms with van der Waals surface area (Å²) in [7, 11) is 0. The quantitative estimate of drug-likeness (QED) is 0.273. The molecule has 0 radical (unpaired) electrons. The fourth-order valence-corrected chi connectivity index (χ4v) is 0.530. The van der Waals surface area contributed by atoms with Gasteiger partial charge in [-0.1, -0.05) is 13.8 Å². The average Bonchev–Trinajstić information content (AvgIpc) is 2.04. The molecule has 0 aliphatic rings. The second kappa shape index (κ2) is 7.39. The van der Waals surface area contributed by atoms with Crippen molar-refractivity contribution in [3.8, 4) is 0 Å². The normalized spacial score (nSPS) is 9.46. The van der Waals surface area contributed by atoms with Crippen LogP contribution in [0.25, 0.3) is 0 Å². The minimum absolute atomic E-state index is 0.196. The maximum atomic E-state index is 10.7. The SMILES string of the molecule is CC(C)CCOC(=O)OCOC=O. The van der Waals surface area contributed by atoms with E-state index in [0.29, 0.717) is 12.5 Å². The third-order valence-corrected chi connectivity index (χ3v) is 1.23. The van der Waals surface area contributed by atoms with Gasteiger partial charge in [-0.15, -0.1) is 0 Å². The summed E-state index contributed by atoms with van der Waals surface area (Å²) in [5, 5.41) is 0. The van der Waals surface area contributed by atoms with Crippen molar-refractivity contribution in [2.45, 2.75) is 20.3 Å². The van der Waals surface area contributed by atoms with E-state index in [1.54, 1.807) is 0 Å². The Morgan fingerprint density at radius 1 is 1.38 bits per heavy atom. The van der Waals surface area contributed by atoms with E-state index in [-0.39, 0.29) is 6.47 Å². The largest absolute Gasteiger partial charge is 0.511 e. The van der Waals surface area contributed by atoms with Crippen LogP contribution < -0.4 is 0 Å². The number of rotatable bonds is 6. The molecule has 0 aliphatic carbocycles. The molecule has 0 saturated heterocycles. The Bertz CT molecular complexity index is 155. The van der Waals surface area contributed by atoms with Gasteiger partial charge in [0.15, 0.2) is 0 Å². The summed E-state index contributed by atoms with van der Waals surface area (Å²) in [4.78, 5) is 20.3. The van der Waals surface area contributed by atoms with Gasteiger partial charge in [0.1, 0.15) is 0 Å². The Balaban J connectivity index is 3.25. The zero-order valence-electron chi connectivity index (χ0n) is 7.82. The standard InChI is InChI=1S/C8H14O5/c1-7(2)3-4-12-8(10)13-6-11-5-9/h5,7H,3-4,6H2,1-2H3. The van der Waals surface area contributed by atoms with Gasteiger partial charge >= 0.3 is 6.16 Å². The third kappa shape index (κ3) is 8.65. The smallest absolute Gasteiger partial charge is 0.434 e. The fraction of sp³-hybridized carbons (Fsp3) is 0.750. The van der Waals surface area contributed by atoms with Crippen LogP contribution in [0.15, 0.2) is 0 Å². The molecule has 0 unspecified atom stereocenters. The van der Waals surface area contributed by atoms with Gasteiger partial charge in [0.2, 0.25) is 6.79 Å². The molecule has 0 heterocycles. The maximum Gasteiger partial charge on any atom is 0.511 e. The number of hydrogen-bond acceptors (Lipinski definition) is 5. The highest BCUT2D eigenvalue weighted by Crippen LogP contribution is 1.99. The van der Waals surface area contributed by atoms with Crippen LogP contribution in [-0.4, -0.2) is 26.0 Å². The van der Waals surface area contributed by atoms with Gasteiger partial charge in [-0.25, -0.2) is 4.79 Å². The first-order valence-electron chi connectivity index (χ1n) is 4.01. The van der Waals surface area contributed by atoms with Crippen LogP contribution in [-0.2, 0) is 19.0 Å². The highest BCUT2D eigenvalue weighted by Gasteiger charge is 2.03. The van der Waals surface area contributed by atoms with Gasteiger partial charge in [0, 0.05) is 0 Å². The molecule has 0 aromatic rings. The number of carbonyl (C=O) groups excluding carboxylic acids is 2. The van der Waals surface area contributed by atoms with E-state index >= 15 is 0 Å². The van der Waals surface area contributed by atoms with Crippen molar-refractivity contribution in [2.75, 3.05) is 13.4 Å². The summed E-state index contributed by atoms with van der Waals surface area (Å²) in [5.74, 6) is 0.471. The first-order valence-corrected chi connectivity index (χ1v) is 4.01. The van der Waals surface area contributed by atoms with Gasteiger partial charge in [-0.3, -0.25) is 4.79 Å². The molecule has 0 fully saturated rings. The van der Waals surface area contributed by atoms with Crippen molar-refractivity contribution >= 4 is 12.6 Å². The van der Waals surface area contributed by atoms with E-state index in [1.807, 2.05) is 13.8 Å². The van der Waals surface area contributed by atoms with Crippen LogP contribution in [0.2, 0.25) is 0 Å². The van der Waals surface area contributed by atoms with Crippen molar-refractivity contribution in [1.82, 2.24) is 0 Å². The van der Waals surface area contributed by atoms with Gasteiger partial charge < -0.3 is 14.2 Å². The third-order valence-electron chi connectivity index (χ3n) is 1.23. The van der Waals surface area contributed by atoms with E-state index in [0.717, 1.165) is 6.42 Å². The van der Waals surface area contributed by atoms with Gasteiger partial charge in [0.05, 0.1) is 6.61 Å². The summed E-state index contributed by atoms with van der Waals surface area (Å²) >= 11 is 0. The van der Waals surface area contributed by atoms with Crippen molar-refractivity contribution in [2.24, 2.45) is 5.92 Å². The van der Waals surface area contributed by atoms with Gasteiger partial charge in [-0.05, 0) is 12.3 Å². The van der Waals surface area contributed by atoms with E-state index < -0.39 is 12.9 Å². The average molecular weight is 190 g/mol. The Hall–Kier alpha value is -1.26. The van der Waals surface area contributed by atoms with E-state index in [1.165, 1.54) is 0 Å². The lowest BCUT2D eigenvalue weighted by molar-refractivity contribution is -0.137. The molecular weight excluding hydrogens is 176 g/mol. The first kappa shape index (κ1) is 11.7. The number of ether oxygens (including phenoxy) is 3. The van der Waals surface area contributed by atoms with E-state index in [4.69, 9.17) is 0 Å². The molecule has 0 aromatic heterocycles. The number of hydrogen-bond donors (Lipinski definition) is 0. The van der Waals surface area contributed by atoms with Crippen LogP contribution in [0.1, 0.15) is 20.3 Å². The van der Waals surface area contributed by atoms with Crippen molar-refractivity contribution in [1.29, 1.82) is 0 Å². The predicted octanol–water partition coefficient (Wildman–Crippen LogP) is 1.32. The monoisotopic (exact) mass is 190 g/mol. The summed E-state index contributed by atoms with van der Waals surface area (Å²) < 4.78 is 13.1. The summed E-state index contributed by atoms with van der Waals surface area (Å²) in [6.45, 7) is 4.15. The van der Waals surface area contributed by atoms with Crippen LogP contribution in [0.3, 0.4) is 0 Å². The minimum Gasteiger partial charge on any atom is -0.434 e. The van der Waals surface area contributed by atoms with Crippen LogP contribution >= 0.6 is 0 Å². The zero-order chi connectivity index (χ0) is 10.1. The zero-order valence-corrected chi connectivity index (χ0v) is 7.82.